The number of nitrogens with one attached hydrogen (secondary N) is 1. The van der Waals surface area contributed by atoms with Crippen LogP contribution in [0.25, 0.3) is 6.08 Å². The predicted molar refractivity (Wildman–Crippen MR) is 118 cm³/mol. The van der Waals surface area contributed by atoms with Gasteiger partial charge < -0.3 is 10.1 Å². The van der Waals surface area contributed by atoms with Crippen LogP contribution in [0.15, 0.2) is 57.9 Å². The molecule has 156 valence electrons. The number of methoxy groups -OCH3 is 1. The highest BCUT2D eigenvalue weighted by molar-refractivity contribution is 9.10. The molecular formula is C21H25BrN2O4S. The first kappa shape index (κ1) is 23.1. The number of benzene rings is 2. The molecule has 6 nitrogen and oxygen atoms in total. The fourth-order valence-corrected chi connectivity index (χ4v) is 4.58. The van der Waals surface area contributed by atoms with Crippen LogP contribution in [-0.2, 0) is 21.4 Å². The molecule has 0 spiro atoms. The quantitative estimate of drug-likeness (QED) is 0.553. The number of rotatable bonds is 9. The lowest BCUT2D eigenvalue weighted by Crippen LogP contribution is -2.30. The highest BCUT2D eigenvalue weighted by Crippen LogP contribution is 2.24. The molecule has 2 aromatic rings. The van der Waals surface area contributed by atoms with Gasteiger partial charge in [0.1, 0.15) is 5.75 Å². The minimum atomic E-state index is -3.48. The summed E-state index contributed by atoms with van der Waals surface area (Å²) in [7, 11) is -1.91. The van der Waals surface area contributed by atoms with Crippen LogP contribution in [0.2, 0.25) is 0 Å². The van der Waals surface area contributed by atoms with E-state index in [4.69, 9.17) is 4.74 Å². The Labute approximate surface area is 180 Å². The van der Waals surface area contributed by atoms with Crippen LogP contribution >= 0.6 is 15.9 Å². The molecule has 0 saturated carbocycles. The van der Waals surface area contributed by atoms with E-state index in [9.17, 15) is 13.2 Å². The molecule has 0 aromatic heterocycles. The zero-order chi connectivity index (χ0) is 21.4. The van der Waals surface area contributed by atoms with Crippen LogP contribution < -0.4 is 10.1 Å². The number of hydrogen-bond donors (Lipinski definition) is 1. The monoisotopic (exact) mass is 480 g/mol. The summed E-state index contributed by atoms with van der Waals surface area (Å²) in [5.41, 5.74) is 1.59. The van der Waals surface area contributed by atoms with Crippen molar-refractivity contribution in [3.05, 3.63) is 64.1 Å². The molecule has 0 fully saturated rings. The molecule has 0 radical (unpaired) electrons. The Bertz CT molecular complexity index is 969. The molecule has 0 aliphatic rings. The van der Waals surface area contributed by atoms with E-state index in [0.717, 1.165) is 15.6 Å². The van der Waals surface area contributed by atoms with Crippen molar-refractivity contribution in [2.75, 3.05) is 20.2 Å². The first-order valence-corrected chi connectivity index (χ1v) is 11.4. The molecule has 0 unspecified atom stereocenters. The molecule has 8 heteroatoms. The SMILES string of the molecule is CCN(CC)S(=O)(=O)c1ccc(CNC(=O)/C=C/c2cc(Br)ccc2OC)cc1. The van der Waals surface area contributed by atoms with Crippen LogP contribution in [0.1, 0.15) is 25.0 Å². The van der Waals surface area contributed by atoms with Gasteiger partial charge in [-0.3, -0.25) is 4.79 Å². The summed E-state index contributed by atoms with van der Waals surface area (Å²) in [5.74, 6) is 0.411. The lowest BCUT2D eigenvalue weighted by Gasteiger charge is -2.18. The normalized spacial score (nSPS) is 11.8. The van der Waals surface area contributed by atoms with Gasteiger partial charge in [-0.05, 0) is 42.0 Å². The van der Waals surface area contributed by atoms with Gasteiger partial charge in [0.15, 0.2) is 0 Å². The van der Waals surface area contributed by atoms with Gasteiger partial charge in [-0.25, -0.2) is 8.42 Å². The van der Waals surface area contributed by atoms with Gasteiger partial charge in [0.05, 0.1) is 12.0 Å². The zero-order valence-corrected chi connectivity index (χ0v) is 19.1. The molecule has 0 atom stereocenters. The first-order chi connectivity index (χ1) is 13.8. The van der Waals surface area contributed by atoms with Gasteiger partial charge in [-0.2, -0.15) is 4.31 Å². The number of ether oxygens (including phenoxy) is 1. The average Bonchev–Trinajstić information content (AvgIpc) is 2.71. The van der Waals surface area contributed by atoms with Gasteiger partial charge in [-0.1, -0.05) is 41.9 Å². The summed E-state index contributed by atoms with van der Waals surface area (Å²) in [4.78, 5) is 12.4. The predicted octanol–water partition coefficient (Wildman–Crippen LogP) is 3.82. The Morgan fingerprint density at radius 3 is 2.38 bits per heavy atom. The second kappa shape index (κ2) is 10.6. The number of amides is 1. The molecule has 2 rings (SSSR count). The standard InChI is InChI=1S/C21H25BrN2O4S/c1-4-24(5-2)29(26,27)19-10-6-16(7-11-19)15-23-21(25)13-8-17-14-18(22)9-12-20(17)28-3/h6-14H,4-5,15H2,1-3H3,(H,23,25)/b13-8+. The molecule has 0 aliphatic heterocycles. The van der Waals surface area contributed by atoms with Gasteiger partial charge in [0.2, 0.25) is 15.9 Å². The lowest BCUT2D eigenvalue weighted by molar-refractivity contribution is -0.116. The van der Waals surface area contributed by atoms with E-state index in [1.807, 2.05) is 32.0 Å². The minimum Gasteiger partial charge on any atom is -0.496 e. The van der Waals surface area contributed by atoms with Crippen LogP contribution in [0, 0.1) is 0 Å². The third-order valence-corrected chi connectivity index (χ3v) is 6.90. The number of sulfonamides is 1. The third kappa shape index (κ3) is 6.16. The van der Waals surface area contributed by atoms with Crippen molar-refractivity contribution in [1.29, 1.82) is 0 Å². The summed E-state index contributed by atoms with van der Waals surface area (Å²) in [5, 5.41) is 2.79. The van der Waals surface area contributed by atoms with E-state index in [1.165, 1.54) is 10.4 Å². The molecule has 2 aromatic carbocycles. The highest BCUT2D eigenvalue weighted by Gasteiger charge is 2.21. The Kier molecular flexibility index (Phi) is 8.43. The third-order valence-electron chi connectivity index (χ3n) is 4.34. The van der Waals surface area contributed by atoms with Crippen molar-refractivity contribution in [1.82, 2.24) is 9.62 Å². The van der Waals surface area contributed by atoms with Crippen LogP contribution in [0.4, 0.5) is 0 Å². The Hall–Kier alpha value is -2.16. The fraction of sp³-hybridized carbons (Fsp3) is 0.286. The van der Waals surface area contributed by atoms with E-state index < -0.39 is 10.0 Å². The smallest absolute Gasteiger partial charge is 0.244 e. The molecule has 0 bridgehead atoms. The zero-order valence-electron chi connectivity index (χ0n) is 16.7. The minimum absolute atomic E-state index is 0.248. The van der Waals surface area contributed by atoms with Crippen LogP contribution in [-0.4, -0.2) is 38.8 Å². The molecule has 1 amide bonds. The van der Waals surface area contributed by atoms with Gasteiger partial charge in [0.25, 0.3) is 0 Å². The van der Waals surface area contributed by atoms with E-state index >= 15 is 0 Å². The summed E-state index contributed by atoms with van der Waals surface area (Å²) >= 11 is 3.40. The second-order valence-corrected chi connectivity index (χ2v) is 9.02. The number of halogens is 1. The van der Waals surface area contributed by atoms with Crippen molar-refractivity contribution in [2.24, 2.45) is 0 Å². The van der Waals surface area contributed by atoms with E-state index in [2.05, 4.69) is 21.2 Å². The number of carbonyl (C=O) groups is 1. The molecular weight excluding hydrogens is 456 g/mol. The van der Waals surface area contributed by atoms with Crippen LogP contribution in [0.5, 0.6) is 5.75 Å². The number of hydrogen-bond acceptors (Lipinski definition) is 4. The molecule has 1 N–H and O–H groups in total. The van der Waals surface area contributed by atoms with Gasteiger partial charge in [0, 0.05) is 35.7 Å². The van der Waals surface area contributed by atoms with Crippen molar-refractivity contribution in [3.63, 3.8) is 0 Å². The van der Waals surface area contributed by atoms with Crippen molar-refractivity contribution in [2.45, 2.75) is 25.3 Å². The summed E-state index contributed by atoms with van der Waals surface area (Å²) in [6, 6.07) is 12.1. The number of nitrogens with zero attached hydrogens (tertiary/aromatic N) is 1. The van der Waals surface area contributed by atoms with Crippen molar-refractivity contribution >= 4 is 37.9 Å². The summed E-state index contributed by atoms with van der Waals surface area (Å²) in [6.07, 6.45) is 3.11. The van der Waals surface area contributed by atoms with Crippen LogP contribution in [0.3, 0.4) is 0 Å². The summed E-state index contributed by atoms with van der Waals surface area (Å²) < 4.78 is 32.6. The highest BCUT2D eigenvalue weighted by atomic mass is 79.9. The van der Waals surface area contributed by atoms with E-state index in [0.29, 0.717) is 25.4 Å². The van der Waals surface area contributed by atoms with Gasteiger partial charge in [-0.15, -0.1) is 0 Å². The second-order valence-electron chi connectivity index (χ2n) is 6.17. The maximum atomic E-state index is 12.5. The Balaban J connectivity index is 2.00. The molecule has 0 saturated heterocycles. The average molecular weight is 481 g/mol. The Morgan fingerprint density at radius 1 is 1.14 bits per heavy atom. The Morgan fingerprint density at radius 2 is 1.79 bits per heavy atom. The van der Waals surface area contributed by atoms with E-state index in [-0.39, 0.29) is 10.8 Å². The maximum Gasteiger partial charge on any atom is 0.244 e. The first-order valence-electron chi connectivity index (χ1n) is 9.20. The van der Waals surface area contributed by atoms with Gasteiger partial charge >= 0.3 is 0 Å². The van der Waals surface area contributed by atoms with Crippen molar-refractivity contribution < 1.29 is 17.9 Å². The number of carbonyl (C=O) groups excluding carboxylic acids is 1. The maximum absolute atomic E-state index is 12.5. The molecule has 29 heavy (non-hydrogen) atoms. The summed E-state index contributed by atoms with van der Waals surface area (Å²) in [6.45, 7) is 4.76. The van der Waals surface area contributed by atoms with E-state index in [1.54, 1.807) is 37.5 Å². The molecule has 0 heterocycles. The largest absolute Gasteiger partial charge is 0.496 e. The topological polar surface area (TPSA) is 75.7 Å². The van der Waals surface area contributed by atoms with Crippen molar-refractivity contribution in [3.8, 4) is 5.75 Å². The molecule has 0 aliphatic carbocycles. The lowest BCUT2D eigenvalue weighted by atomic mass is 10.2. The fourth-order valence-electron chi connectivity index (χ4n) is 2.74.